The van der Waals surface area contributed by atoms with E-state index in [-0.39, 0.29) is 18.1 Å². The lowest BCUT2D eigenvalue weighted by molar-refractivity contribution is -0.168. The van der Waals surface area contributed by atoms with E-state index in [1.165, 1.54) is 19.3 Å². The Morgan fingerprint density at radius 3 is 2.72 bits per heavy atom. The predicted octanol–water partition coefficient (Wildman–Crippen LogP) is 1.18. The molecule has 4 nitrogen and oxygen atoms in total. The number of fused-ring (bicyclic) bond motifs is 1. The molecule has 1 heterocycles. The number of carbonyl (C=O) groups excluding carboxylic acids is 1. The molecule has 98 valence electrons. The Morgan fingerprint density at radius 2 is 2.00 bits per heavy atom. The smallest absolute Gasteiger partial charge is 0.251 e. The highest BCUT2D eigenvalue weighted by molar-refractivity contribution is 5.81. The largest absolute Gasteiger partial charge is 0.368 e. The fourth-order valence-corrected chi connectivity index (χ4v) is 2.46. The lowest BCUT2D eigenvalue weighted by atomic mass is 9.85. The van der Waals surface area contributed by atoms with Crippen LogP contribution in [0.5, 0.6) is 0 Å². The third-order valence-electron chi connectivity index (χ3n) is 3.88. The van der Waals surface area contributed by atoms with Crippen LogP contribution in [-0.2, 0) is 14.3 Å². The van der Waals surface area contributed by atoms with Crippen molar-refractivity contribution in [3.63, 3.8) is 0 Å². The van der Waals surface area contributed by atoms with E-state index in [1.807, 2.05) is 24.3 Å². The predicted molar refractivity (Wildman–Crippen MR) is 67.0 cm³/mol. The topological polar surface area (TPSA) is 47.6 Å². The molecule has 1 amide bonds. The normalized spacial score (nSPS) is 34.8. The maximum absolute atomic E-state index is 12.0. The summed E-state index contributed by atoms with van der Waals surface area (Å²) < 4.78 is 11.4. The average Bonchev–Trinajstić information content (AvgIpc) is 2.36. The first-order valence-corrected chi connectivity index (χ1v) is 6.73. The first-order valence-electron chi connectivity index (χ1n) is 6.73. The summed E-state index contributed by atoms with van der Waals surface area (Å²) in [7, 11) is 0. The molecule has 3 atom stereocenters. The van der Waals surface area contributed by atoms with Gasteiger partial charge < -0.3 is 14.8 Å². The molecule has 3 aliphatic rings. The van der Waals surface area contributed by atoms with Crippen LogP contribution in [0.4, 0.5) is 0 Å². The molecule has 1 saturated heterocycles. The monoisotopic (exact) mass is 249 g/mol. The van der Waals surface area contributed by atoms with Gasteiger partial charge in [-0.2, -0.15) is 0 Å². The molecule has 0 aromatic carbocycles. The highest BCUT2D eigenvalue weighted by Crippen LogP contribution is 2.25. The molecule has 0 spiro atoms. The molecule has 0 aromatic rings. The quantitative estimate of drug-likeness (QED) is 0.817. The van der Waals surface area contributed by atoms with Gasteiger partial charge in [-0.15, -0.1) is 0 Å². The molecule has 1 saturated carbocycles. The van der Waals surface area contributed by atoms with Crippen molar-refractivity contribution in [1.82, 2.24) is 5.32 Å². The second-order valence-electron chi connectivity index (χ2n) is 5.20. The van der Waals surface area contributed by atoms with E-state index < -0.39 is 6.10 Å². The lowest BCUT2D eigenvalue weighted by Gasteiger charge is -2.34. The second-order valence-corrected chi connectivity index (χ2v) is 5.20. The Labute approximate surface area is 107 Å². The Morgan fingerprint density at radius 1 is 1.22 bits per heavy atom. The van der Waals surface area contributed by atoms with Crippen LogP contribution in [0.2, 0.25) is 0 Å². The number of hydrogen-bond acceptors (Lipinski definition) is 3. The minimum absolute atomic E-state index is 0.0364. The summed E-state index contributed by atoms with van der Waals surface area (Å²) in [6, 6.07) is 0. The summed E-state index contributed by atoms with van der Waals surface area (Å²) >= 11 is 0. The summed E-state index contributed by atoms with van der Waals surface area (Å²) in [4.78, 5) is 12.0. The second kappa shape index (κ2) is 5.24. The Bertz CT molecular complexity index is 373. The van der Waals surface area contributed by atoms with Gasteiger partial charge in [-0.05, 0) is 18.8 Å². The van der Waals surface area contributed by atoms with Crippen LogP contribution in [0.3, 0.4) is 0 Å². The highest BCUT2D eigenvalue weighted by Gasteiger charge is 2.33. The number of ether oxygens (including phenoxy) is 2. The van der Waals surface area contributed by atoms with Gasteiger partial charge in [0.1, 0.15) is 12.2 Å². The van der Waals surface area contributed by atoms with Crippen molar-refractivity contribution < 1.29 is 14.3 Å². The molecule has 18 heavy (non-hydrogen) atoms. The van der Waals surface area contributed by atoms with Crippen molar-refractivity contribution in [2.24, 2.45) is 5.92 Å². The van der Waals surface area contributed by atoms with Crippen molar-refractivity contribution in [3.8, 4) is 0 Å². The molecule has 3 unspecified atom stereocenters. The number of amides is 1. The van der Waals surface area contributed by atoms with Crippen LogP contribution in [0.15, 0.2) is 24.3 Å². The Hall–Kier alpha value is -1.13. The third-order valence-corrected chi connectivity index (χ3v) is 3.88. The molecule has 0 radical (unpaired) electrons. The van der Waals surface area contributed by atoms with E-state index in [0.717, 1.165) is 6.54 Å². The zero-order valence-corrected chi connectivity index (χ0v) is 10.4. The van der Waals surface area contributed by atoms with Gasteiger partial charge in [-0.25, -0.2) is 0 Å². The van der Waals surface area contributed by atoms with Gasteiger partial charge in [0.15, 0.2) is 6.10 Å². The van der Waals surface area contributed by atoms with Gasteiger partial charge in [-0.1, -0.05) is 30.7 Å². The maximum Gasteiger partial charge on any atom is 0.251 e. The van der Waals surface area contributed by atoms with Crippen LogP contribution in [0.1, 0.15) is 19.3 Å². The molecule has 0 bridgehead atoms. The van der Waals surface area contributed by atoms with Crippen molar-refractivity contribution in [2.75, 3.05) is 13.2 Å². The minimum Gasteiger partial charge on any atom is -0.368 e. The van der Waals surface area contributed by atoms with Gasteiger partial charge in [0.25, 0.3) is 5.91 Å². The van der Waals surface area contributed by atoms with E-state index >= 15 is 0 Å². The fraction of sp³-hybridized carbons (Fsp3) is 0.643. The molecule has 0 aromatic heterocycles. The zero-order chi connectivity index (χ0) is 12.4. The van der Waals surface area contributed by atoms with Crippen LogP contribution in [0, 0.1) is 5.92 Å². The summed E-state index contributed by atoms with van der Waals surface area (Å²) in [5, 5.41) is 2.96. The van der Waals surface area contributed by atoms with Crippen molar-refractivity contribution in [1.29, 1.82) is 0 Å². The van der Waals surface area contributed by atoms with Crippen LogP contribution < -0.4 is 5.32 Å². The molecule has 3 rings (SSSR count). The average molecular weight is 249 g/mol. The number of allylic oxidation sites excluding steroid dienone is 2. The molecule has 1 N–H and O–H groups in total. The van der Waals surface area contributed by atoms with Crippen molar-refractivity contribution in [2.45, 2.75) is 37.6 Å². The number of hydrogen-bond donors (Lipinski definition) is 1. The van der Waals surface area contributed by atoms with Crippen molar-refractivity contribution in [3.05, 3.63) is 24.3 Å². The summed E-state index contributed by atoms with van der Waals surface area (Å²) in [5.41, 5.74) is 0. The first-order chi connectivity index (χ1) is 8.83. The number of carbonyl (C=O) groups is 1. The molecule has 1 aliphatic heterocycles. The van der Waals surface area contributed by atoms with Crippen LogP contribution in [0.25, 0.3) is 0 Å². The van der Waals surface area contributed by atoms with Crippen LogP contribution >= 0.6 is 0 Å². The van der Waals surface area contributed by atoms with E-state index in [9.17, 15) is 4.79 Å². The Balaban J connectivity index is 1.48. The standard InChI is InChI=1S/C14H19NO3/c16-14(15-8-10-4-3-5-10)13-9-17-11-6-1-2-7-12(11)18-13/h1-2,6-7,10-13H,3-5,8-9H2,(H,15,16). The molecule has 2 fully saturated rings. The molecular weight excluding hydrogens is 230 g/mol. The number of nitrogens with one attached hydrogen (secondary N) is 1. The first kappa shape index (κ1) is 11.9. The molecular formula is C14H19NO3. The molecule has 4 heteroatoms. The summed E-state index contributed by atoms with van der Waals surface area (Å²) in [5.74, 6) is 0.632. The summed E-state index contributed by atoms with van der Waals surface area (Å²) in [6.07, 6.45) is 10.9. The fourth-order valence-electron chi connectivity index (χ4n) is 2.46. The molecule has 2 aliphatic carbocycles. The van der Waals surface area contributed by atoms with E-state index in [2.05, 4.69) is 5.32 Å². The van der Waals surface area contributed by atoms with E-state index in [0.29, 0.717) is 12.5 Å². The zero-order valence-electron chi connectivity index (χ0n) is 10.4. The summed E-state index contributed by atoms with van der Waals surface area (Å²) in [6.45, 7) is 1.12. The SMILES string of the molecule is O=C(NCC1CCC1)C1COC2C=CC=CC2O1. The van der Waals surface area contributed by atoms with E-state index in [4.69, 9.17) is 9.47 Å². The van der Waals surface area contributed by atoms with Gasteiger partial charge in [0.05, 0.1) is 6.61 Å². The lowest BCUT2D eigenvalue weighted by Crippen LogP contribution is -2.50. The Kier molecular flexibility index (Phi) is 3.48. The maximum atomic E-state index is 12.0. The van der Waals surface area contributed by atoms with Crippen LogP contribution in [-0.4, -0.2) is 37.4 Å². The van der Waals surface area contributed by atoms with Gasteiger partial charge >= 0.3 is 0 Å². The van der Waals surface area contributed by atoms with Gasteiger partial charge in [0.2, 0.25) is 0 Å². The van der Waals surface area contributed by atoms with Gasteiger partial charge in [0, 0.05) is 6.54 Å². The number of rotatable bonds is 3. The van der Waals surface area contributed by atoms with Gasteiger partial charge in [-0.3, -0.25) is 4.79 Å². The third kappa shape index (κ3) is 2.49. The minimum atomic E-state index is -0.470. The highest BCUT2D eigenvalue weighted by atomic mass is 16.6. The van der Waals surface area contributed by atoms with Crippen molar-refractivity contribution >= 4 is 5.91 Å². The van der Waals surface area contributed by atoms with E-state index in [1.54, 1.807) is 0 Å².